The van der Waals surface area contributed by atoms with Gasteiger partial charge < -0.3 is 29.9 Å². The summed E-state index contributed by atoms with van der Waals surface area (Å²) in [5, 5.41) is 53.7. The van der Waals surface area contributed by atoms with Crippen LogP contribution in [0.3, 0.4) is 0 Å². The number of aromatic nitrogens is 3. The van der Waals surface area contributed by atoms with Gasteiger partial charge in [-0.15, -0.1) is 0 Å². The minimum atomic E-state index is -1.63. The van der Waals surface area contributed by atoms with E-state index in [4.69, 9.17) is 21.1 Å². The van der Waals surface area contributed by atoms with Crippen LogP contribution in [-0.4, -0.2) is 71.0 Å². The van der Waals surface area contributed by atoms with Gasteiger partial charge in [-0.1, -0.05) is 48.0 Å². The number of nitrogens with zero attached hydrogens (tertiary/aromatic N) is 4. The SMILES string of the molecule is Cc1c(COc2cc(OCc3cncc(C#N)c3)c(CN[C@](C)(CO)C(=O)O)cc2Cl)cccc1-c1cccc(-c2ccn3c(=O)c(CN[C@](C)(CO)C(=O)O)cnc3c2)c1C. The molecule has 0 radical (unpaired) electrons. The number of aliphatic carboxylic acids is 2. The molecule has 62 heavy (non-hydrogen) atoms. The first-order chi connectivity index (χ1) is 29.6. The van der Waals surface area contributed by atoms with Crippen molar-refractivity contribution in [3.8, 4) is 39.8 Å². The minimum absolute atomic E-state index is 0.0104. The molecule has 6 rings (SSSR count). The van der Waals surface area contributed by atoms with Gasteiger partial charge in [0.1, 0.15) is 47.5 Å². The van der Waals surface area contributed by atoms with Crippen LogP contribution in [-0.2, 0) is 35.9 Å². The van der Waals surface area contributed by atoms with E-state index in [1.54, 1.807) is 30.6 Å². The molecule has 2 atom stereocenters. The number of fused-ring (bicyclic) bond motifs is 1. The molecule has 0 saturated heterocycles. The van der Waals surface area contributed by atoms with Crippen LogP contribution in [0.1, 0.15) is 52.8 Å². The number of nitriles is 1. The lowest BCUT2D eigenvalue weighted by atomic mass is 9.90. The molecule has 15 nitrogen and oxygen atoms in total. The summed E-state index contributed by atoms with van der Waals surface area (Å²) in [5.41, 5.74) is 5.13. The number of nitrogens with one attached hydrogen (secondary N) is 2. The Morgan fingerprint density at radius 3 is 2.08 bits per heavy atom. The van der Waals surface area contributed by atoms with Crippen molar-refractivity contribution in [1.82, 2.24) is 25.0 Å². The smallest absolute Gasteiger partial charge is 0.326 e. The number of benzene rings is 3. The van der Waals surface area contributed by atoms with E-state index in [0.717, 1.165) is 38.9 Å². The minimum Gasteiger partial charge on any atom is -0.488 e. The van der Waals surface area contributed by atoms with Gasteiger partial charge in [0.15, 0.2) is 0 Å². The topological polar surface area (TPSA) is 229 Å². The normalized spacial score (nSPS) is 13.2. The highest BCUT2D eigenvalue weighted by Gasteiger charge is 2.33. The van der Waals surface area contributed by atoms with Crippen molar-refractivity contribution in [2.45, 2.75) is 65.1 Å². The lowest BCUT2D eigenvalue weighted by molar-refractivity contribution is -0.146. The summed E-state index contributed by atoms with van der Waals surface area (Å²) in [4.78, 5) is 45.4. The van der Waals surface area contributed by atoms with Gasteiger partial charge >= 0.3 is 11.9 Å². The molecule has 3 aromatic carbocycles. The molecular formula is C46H45ClN6O9. The van der Waals surface area contributed by atoms with Gasteiger partial charge in [-0.25, -0.2) is 4.98 Å². The number of carboxylic acids is 2. The number of carboxylic acid groups (broad SMARTS) is 2. The van der Waals surface area contributed by atoms with Crippen molar-refractivity contribution in [1.29, 1.82) is 5.26 Å². The van der Waals surface area contributed by atoms with E-state index in [1.165, 1.54) is 30.6 Å². The van der Waals surface area contributed by atoms with Crippen molar-refractivity contribution >= 4 is 29.2 Å². The van der Waals surface area contributed by atoms with E-state index in [2.05, 4.69) is 26.7 Å². The van der Waals surface area contributed by atoms with E-state index in [1.807, 2.05) is 62.4 Å². The van der Waals surface area contributed by atoms with Gasteiger partial charge in [0, 0.05) is 55.1 Å². The van der Waals surface area contributed by atoms with Gasteiger partial charge in [0.25, 0.3) is 5.56 Å². The third kappa shape index (κ3) is 9.60. The second-order valence-corrected chi connectivity index (χ2v) is 15.7. The fourth-order valence-electron chi connectivity index (χ4n) is 6.66. The van der Waals surface area contributed by atoms with Crippen LogP contribution in [0.15, 0.2) is 96.3 Å². The highest BCUT2D eigenvalue weighted by molar-refractivity contribution is 6.32. The molecule has 16 heteroatoms. The predicted molar refractivity (Wildman–Crippen MR) is 231 cm³/mol. The maximum Gasteiger partial charge on any atom is 0.326 e. The molecule has 0 fully saturated rings. The molecule has 320 valence electrons. The maximum atomic E-state index is 13.3. The quantitative estimate of drug-likeness (QED) is 0.0621. The summed E-state index contributed by atoms with van der Waals surface area (Å²) in [6.45, 7) is 5.50. The van der Waals surface area contributed by atoms with E-state index in [0.29, 0.717) is 33.8 Å². The van der Waals surface area contributed by atoms with Gasteiger partial charge in [-0.2, -0.15) is 5.26 Å². The van der Waals surface area contributed by atoms with Gasteiger partial charge in [-0.3, -0.25) is 34.4 Å². The van der Waals surface area contributed by atoms with Crippen molar-refractivity contribution in [3.63, 3.8) is 0 Å². The van der Waals surface area contributed by atoms with E-state index < -0.39 is 36.2 Å². The Morgan fingerprint density at radius 2 is 1.42 bits per heavy atom. The lowest BCUT2D eigenvalue weighted by Gasteiger charge is -2.25. The molecule has 0 aliphatic heterocycles. The fourth-order valence-corrected chi connectivity index (χ4v) is 6.90. The van der Waals surface area contributed by atoms with Crippen LogP contribution in [0.5, 0.6) is 11.5 Å². The fraction of sp³-hybridized carbons (Fsp3) is 0.261. The molecule has 0 unspecified atom stereocenters. The molecule has 3 heterocycles. The third-order valence-corrected chi connectivity index (χ3v) is 11.2. The molecule has 0 bridgehead atoms. The van der Waals surface area contributed by atoms with E-state index >= 15 is 0 Å². The third-order valence-electron chi connectivity index (χ3n) is 10.9. The number of hydrogen-bond acceptors (Lipinski definition) is 12. The zero-order chi connectivity index (χ0) is 44.8. The monoisotopic (exact) mass is 860 g/mol. The highest BCUT2D eigenvalue weighted by atomic mass is 35.5. The predicted octanol–water partition coefficient (Wildman–Crippen LogP) is 5.57. The Balaban J connectivity index is 1.25. The van der Waals surface area contributed by atoms with Crippen molar-refractivity contribution in [2.75, 3.05) is 13.2 Å². The van der Waals surface area contributed by atoms with Gasteiger partial charge in [0.05, 0.1) is 29.4 Å². The van der Waals surface area contributed by atoms with Crippen LogP contribution < -0.4 is 25.7 Å². The second-order valence-electron chi connectivity index (χ2n) is 15.3. The standard InChI is InChI=1S/C46H45ClN6O9/c1-27-32(24-62-40-16-39(61-23-30-13-29(17-48)18-49-19-30)33(14-38(40)47)21-51-45(3,25-54)43(57)58)7-5-9-36(27)37-10-6-8-35(28(37)2)31-11-12-53-41(15-31)50-20-34(42(53)56)22-52-46(4,26-55)44(59)60/h5-16,18-20,51-52,54-55H,21-26H2,1-4H3,(H,57,58)(H,59,60)/t45-,46-/m1/s1. The Hall–Kier alpha value is -6.67. The summed E-state index contributed by atoms with van der Waals surface area (Å²) in [5.74, 6) is -1.81. The van der Waals surface area contributed by atoms with Gasteiger partial charge in [-0.05, 0) is 90.9 Å². The van der Waals surface area contributed by atoms with Crippen molar-refractivity contribution in [3.05, 3.63) is 146 Å². The number of aliphatic hydroxyl groups is 2. The Bertz CT molecular complexity index is 2770. The lowest BCUT2D eigenvalue weighted by Crippen LogP contribution is -2.52. The first kappa shape index (κ1) is 44.9. The average molecular weight is 861 g/mol. The number of rotatable bonds is 18. The Labute approximate surface area is 361 Å². The van der Waals surface area contributed by atoms with Crippen LogP contribution in [0, 0.1) is 25.2 Å². The Kier molecular flexibility index (Phi) is 13.7. The summed E-state index contributed by atoms with van der Waals surface area (Å²) in [6.07, 6.45) is 6.06. The molecule has 0 spiro atoms. The molecule has 0 aliphatic carbocycles. The zero-order valence-corrected chi connectivity index (χ0v) is 35.2. The maximum absolute atomic E-state index is 13.3. The first-order valence-corrected chi connectivity index (χ1v) is 19.8. The van der Waals surface area contributed by atoms with Crippen molar-refractivity contribution in [2.24, 2.45) is 0 Å². The van der Waals surface area contributed by atoms with Crippen LogP contribution in [0.2, 0.25) is 5.02 Å². The largest absolute Gasteiger partial charge is 0.488 e. The van der Waals surface area contributed by atoms with E-state index in [9.17, 15) is 40.1 Å². The number of carbonyl (C=O) groups is 2. The molecule has 6 aromatic rings. The summed E-state index contributed by atoms with van der Waals surface area (Å²) < 4.78 is 13.9. The number of aliphatic hydroxyl groups excluding tert-OH is 2. The second kappa shape index (κ2) is 18.9. The molecule has 0 amide bonds. The van der Waals surface area contributed by atoms with Crippen LogP contribution in [0.25, 0.3) is 27.9 Å². The van der Waals surface area contributed by atoms with Crippen molar-refractivity contribution < 1.29 is 39.5 Å². The van der Waals surface area contributed by atoms with Crippen LogP contribution >= 0.6 is 11.6 Å². The number of ether oxygens (including phenoxy) is 2. The first-order valence-electron chi connectivity index (χ1n) is 19.4. The summed E-state index contributed by atoms with van der Waals surface area (Å²) >= 11 is 6.76. The molecule has 0 saturated carbocycles. The molecule has 3 aromatic heterocycles. The van der Waals surface area contributed by atoms with E-state index in [-0.39, 0.29) is 42.4 Å². The Morgan fingerprint density at radius 1 is 0.790 bits per heavy atom. The zero-order valence-electron chi connectivity index (χ0n) is 34.4. The molecule has 6 N–H and O–H groups in total. The van der Waals surface area contributed by atoms with Gasteiger partial charge in [0.2, 0.25) is 0 Å². The number of pyridine rings is 2. The van der Waals surface area contributed by atoms with Crippen LogP contribution in [0.4, 0.5) is 0 Å². The number of halogens is 1. The molecular weight excluding hydrogens is 816 g/mol. The number of hydrogen-bond donors (Lipinski definition) is 6. The molecule has 0 aliphatic rings. The summed E-state index contributed by atoms with van der Waals surface area (Å²) in [6, 6.07) is 22.5. The summed E-state index contributed by atoms with van der Waals surface area (Å²) in [7, 11) is 0. The highest BCUT2D eigenvalue weighted by Crippen LogP contribution is 2.37. The average Bonchev–Trinajstić information content (AvgIpc) is 3.27.